The van der Waals surface area contributed by atoms with Crippen LogP contribution in [0.4, 0.5) is 8.78 Å². The second kappa shape index (κ2) is 4.27. The molecule has 0 aliphatic heterocycles. The number of nitrogens with one attached hydrogen (secondary N) is 1. The summed E-state index contributed by atoms with van der Waals surface area (Å²) < 4.78 is 26.6. The highest BCUT2D eigenvalue weighted by Crippen LogP contribution is 2.43. The molecule has 0 spiro atoms. The van der Waals surface area contributed by atoms with Crippen LogP contribution in [0.25, 0.3) is 0 Å². The molecule has 0 aromatic heterocycles. The Balaban J connectivity index is 2.27. The van der Waals surface area contributed by atoms with Crippen molar-refractivity contribution in [1.29, 1.82) is 0 Å². The Kier molecular flexibility index (Phi) is 3.00. The molecule has 0 amide bonds. The summed E-state index contributed by atoms with van der Waals surface area (Å²) in [5.41, 5.74) is 0.520. The van der Waals surface area contributed by atoms with Crippen LogP contribution in [0.1, 0.15) is 24.3 Å². The van der Waals surface area contributed by atoms with Gasteiger partial charge in [0, 0.05) is 12.5 Å². The molecule has 1 unspecified atom stereocenters. The molecule has 1 fully saturated rings. The van der Waals surface area contributed by atoms with Gasteiger partial charge in [-0.2, -0.15) is 0 Å². The van der Waals surface area contributed by atoms with Gasteiger partial charge in [0.2, 0.25) is 0 Å². The summed E-state index contributed by atoms with van der Waals surface area (Å²) in [5, 5.41) is 3.05. The normalized spacial score (nSPS) is 17.8. The van der Waals surface area contributed by atoms with Crippen LogP contribution < -0.4 is 5.32 Å². The summed E-state index contributed by atoms with van der Waals surface area (Å²) in [7, 11) is 1.84. The van der Waals surface area contributed by atoms with Crippen LogP contribution in [0.15, 0.2) is 18.2 Å². The molecule has 0 bridgehead atoms. The minimum absolute atomic E-state index is 0.116. The summed E-state index contributed by atoms with van der Waals surface area (Å²) in [6.07, 6.45) is 2.25. The molecule has 2 rings (SSSR count). The second-order valence-electron chi connectivity index (χ2n) is 4.17. The van der Waals surface area contributed by atoms with Gasteiger partial charge < -0.3 is 5.32 Å². The van der Waals surface area contributed by atoms with E-state index in [4.69, 9.17) is 0 Å². The van der Waals surface area contributed by atoms with Gasteiger partial charge in [-0.25, -0.2) is 8.78 Å². The quantitative estimate of drug-likeness (QED) is 0.807. The van der Waals surface area contributed by atoms with Crippen molar-refractivity contribution in [2.24, 2.45) is 5.92 Å². The summed E-state index contributed by atoms with van der Waals surface area (Å²) in [4.78, 5) is 0. The standard InChI is InChI=1S/C12H15F2N/c1-15-7-11(8-2-3-8)10-6-9(13)4-5-12(10)14/h4-6,8,11,15H,2-3,7H2,1H3. The first-order valence-electron chi connectivity index (χ1n) is 5.32. The predicted molar refractivity (Wildman–Crippen MR) is 55.7 cm³/mol. The Hall–Kier alpha value is -0.960. The molecular formula is C12H15F2N. The Bertz CT molecular complexity index is 347. The first-order valence-corrected chi connectivity index (χ1v) is 5.32. The van der Waals surface area contributed by atoms with E-state index in [1.54, 1.807) is 0 Å². The van der Waals surface area contributed by atoms with Crippen molar-refractivity contribution in [1.82, 2.24) is 5.32 Å². The van der Waals surface area contributed by atoms with Gasteiger partial charge >= 0.3 is 0 Å². The lowest BCUT2D eigenvalue weighted by molar-refractivity contribution is 0.513. The first kappa shape index (κ1) is 10.6. The summed E-state index contributed by atoms with van der Waals surface area (Å²) in [6.45, 7) is 0.713. The van der Waals surface area contributed by atoms with Gasteiger partial charge in [-0.1, -0.05) is 0 Å². The lowest BCUT2D eigenvalue weighted by Gasteiger charge is -2.16. The zero-order chi connectivity index (χ0) is 10.8. The third kappa shape index (κ3) is 2.34. The van der Waals surface area contributed by atoms with Crippen LogP contribution in [-0.2, 0) is 0 Å². The Labute approximate surface area is 88.5 Å². The molecule has 1 nitrogen and oxygen atoms in total. The second-order valence-corrected chi connectivity index (χ2v) is 4.17. The number of benzene rings is 1. The molecular weight excluding hydrogens is 196 g/mol. The fourth-order valence-corrected chi connectivity index (χ4v) is 2.05. The van der Waals surface area contributed by atoms with E-state index in [2.05, 4.69) is 5.32 Å². The smallest absolute Gasteiger partial charge is 0.126 e. The number of likely N-dealkylation sites (N-methyl/N-ethyl adjacent to an activating group) is 1. The molecule has 0 radical (unpaired) electrons. The highest BCUT2D eigenvalue weighted by atomic mass is 19.1. The lowest BCUT2D eigenvalue weighted by Crippen LogP contribution is -2.19. The van der Waals surface area contributed by atoms with Crippen molar-refractivity contribution in [3.63, 3.8) is 0 Å². The molecule has 82 valence electrons. The molecule has 3 heteroatoms. The number of hydrogen-bond acceptors (Lipinski definition) is 1. The van der Waals surface area contributed by atoms with E-state index in [-0.39, 0.29) is 17.6 Å². The molecule has 1 aromatic rings. The van der Waals surface area contributed by atoms with Gasteiger partial charge in [0.05, 0.1) is 0 Å². The molecule has 1 aliphatic carbocycles. The van der Waals surface area contributed by atoms with Gasteiger partial charge in [-0.15, -0.1) is 0 Å². The minimum Gasteiger partial charge on any atom is -0.319 e. The number of halogens is 2. The number of rotatable bonds is 4. The van der Waals surface area contributed by atoms with E-state index < -0.39 is 0 Å². The summed E-state index contributed by atoms with van der Waals surface area (Å²) in [6, 6.07) is 3.72. The fourth-order valence-electron chi connectivity index (χ4n) is 2.05. The zero-order valence-electron chi connectivity index (χ0n) is 8.76. The maximum absolute atomic E-state index is 13.5. The van der Waals surface area contributed by atoms with Gasteiger partial charge in [-0.3, -0.25) is 0 Å². The van der Waals surface area contributed by atoms with Crippen LogP contribution >= 0.6 is 0 Å². The predicted octanol–water partition coefficient (Wildman–Crippen LogP) is 2.68. The van der Waals surface area contributed by atoms with Gasteiger partial charge in [0.1, 0.15) is 11.6 Å². The SMILES string of the molecule is CNCC(c1cc(F)ccc1F)C1CC1. The third-order valence-electron chi connectivity index (χ3n) is 2.97. The Morgan fingerprint density at radius 2 is 2.13 bits per heavy atom. The molecule has 15 heavy (non-hydrogen) atoms. The van der Waals surface area contributed by atoms with Crippen LogP contribution in [-0.4, -0.2) is 13.6 Å². The van der Waals surface area contributed by atoms with Crippen molar-refractivity contribution in [2.45, 2.75) is 18.8 Å². The van der Waals surface area contributed by atoms with Crippen LogP contribution in [0.5, 0.6) is 0 Å². The molecule has 1 atom stereocenters. The maximum Gasteiger partial charge on any atom is 0.126 e. The van der Waals surface area contributed by atoms with Crippen LogP contribution in [0.2, 0.25) is 0 Å². The molecule has 0 saturated heterocycles. The molecule has 1 saturated carbocycles. The Morgan fingerprint density at radius 3 is 2.73 bits per heavy atom. The van der Waals surface area contributed by atoms with E-state index in [0.717, 1.165) is 12.8 Å². The monoisotopic (exact) mass is 211 g/mol. The van der Waals surface area contributed by atoms with Crippen LogP contribution in [0, 0.1) is 17.6 Å². The van der Waals surface area contributed by atoms with E-state index in [1.165, 1.54) is 18.2 Å². The maximum atomic E-state index is 13.5. The topological polar surface area (TPSA) is 12.0 Å². The molecule has 1 aromatic carbocycles. The van der Waals surface area contributed by atoms with Crippen LogP contribution in [0.3, 0.4) is 0 Å². The van der Waals surface area contributed by atoms with Gasteiger partial charge in [-0.05, 0) is 49.6 Å². The lowest BCUT2D eigenvalue weighted by atomic mass is 9.93. The van der Waals surface area contributed by atoms with Crippen molar-refractivity contribution in [2.75, 3.05) is 13.6 Å². The molecule has 1 aliphatic rings. The third-order valence-corrected chi connectivity index (χ3v) is 2.97. The molecule has 0 heterocycles. The van der Waals surface area contributed by atoms with E-state index in [1.807, 2.05) is 7.05 Å². The Morgan fingerprint density at radius 1 is 1.40 bits per heavy atom. The zero-order valence-corrected chi connectivity index (χ0v) is 8.76. The van der Waals surface area contributed by atoms with E-state index in [9.17, 15) is 8.78 Å². The van der Waals surface area contributed by atoms with Crippen molar-refractivity contribution >= 4 is 0 Å². The fraction of sp³-hybridized carbons (Fsp3) is 0.500. The van der Waals surface area contributed by atoms with E-state index >= 15 is 0 Å². The van der Waals surface area contributed by atoms with Crippen molar-refractivity contribution < 1.29 is 8.78 Å². The van der Waals surface area contributed by atoms with Crippen molar-refractivity contribution in [3.05, 3.63) is 35.4 Å². The average molecular weight is 211 g/mol. The van der Waals surface area contributed by atoms with E-state index in [0.29, 0.717) is 18.0 Å². The van der Waals surface area contributed by atoms with Gasteiger partial charge in [0.25, 0.3) is 0 Å². The largest absolute Gasteiger partial charge is 0.319 e. The first-order chi connectivity index (χ1) is 7.22. The molecule has 1 N–H and O–H groups in total. The van der Waals surface area contributed by atoms with Crippen molar-refractivity contribution in [3.8, 4) is 0 Å². The highest BCUT2D eigenvalue weighted by Gasteiger charge is 2.33. The highest BCUT2D eigenvalue weighted by molar-refractivity contribution is 5.25. The average Bonchev–Trinajstić information content (AvgIpc) is 3.02. The van der Waals surface area contributed by atoms with Gasteiger partial charge in [0.15, 0.2) is 0 Å². The minimum atomic E-state index is -0.354. The summed E-state index contributed by atoms with van der Waals surface area (Å²) in [5.74, 6) is -0.00356. The number of hydrogen-bond donors (Lipinski definition) is 1. The summed E-state index contributed by atoms with van der Waals surface area (Å²) >= 11 is 0.